The quantitative estimate of drug-likeness (QED) is 0.201. The largest absolute Gasteiger partial charge is 0.310 e. The number of anilines is 3. The summed E-state index contributed by atoms with van der Waals surface area (Å²) in [6.07, 6.45) is 4.09. The van der Waals surface area contributed by atoms with E-state index < -0.39 is 0 Å². The summed E-state index contributed by atoms with van der Waals surface area (Å²) in [5, 5.41) is 0. The SMILES string of the molecule is c1ccc(-c2nc3ccccc3nc2-c2cccc(N(c3ccccc3)c3ccc(-c4cn5ccccc5n4)cc3)c2)cc1. The summed E-state index contributed by atoms with van der Waals surface area (Å²) in [6, 6.07) is 52.0. The lowest BCUT2D eigenvalue weighted by atomic mass is 10.0. The highest BCUT2D eigenvalue weighted by Gasteiger charge is 2.17. The first kappa shape index (κ1) is 25.6. The third-order valence-electron chi connectivity index (χ3n) is 7.80. The van der Waals surface area contributed by atoms with E-state index in [9.17, 15) is 0 Å². The number of para-hydroxylation sites is 3. The van der Waals surface area contributed by atoms with E-state index in [-0.39, 0.29) is 0 Å². The van der Waals surface area contributed by atoms with Crippen molar-refractivity contribution in [1.29, 1.82) is 0 Å². The maximum atomic E-state index is 5.14. The summed E-state index contributed by atoms with van der Waals surface area (Å²) >= 11 is 0. The molecule has 0 amide bonds. The van der Waals surface area contributed by atoms with Gasteiger partial charge in [-0.25, -0.2) is 15.0 Å². The predicted molar refractivity (Wildman–Crippen MR) is 179 cm³/mol. The first-order valence-electron chi connectivity index (χ1n) is 14.6. The molecule has 0 saturated heterocycles. The van der Waals surface area contributed by atoms with Crippen molar-refractivity contribution in [3.63, 3.8) is 0 Å². The van der Waals surface area contributed by atoms with Crippen molar-refractivity contribution >= 4 is 33.7 Å². The van der Waals surface area contributed by atoms with Crippen LogP contribution in [0.3, 0.4) is 0 Å². The van der Waals surface area contributed by atoms with Gasteiger partial charge in [-0.15, -0.1) is 0 Å². The van der Waals surface area contributed by atoms with Gasteiger partial charge in [0.2, 0.25) is 0 Å². The Morgan fingerprint density at radius 1 is 0.432 bits per heavy atom. The van der Waals surface area contributed by atoms with E-state index in [1.165, 1.54) is 0 Å². The van der Waals surface area contributed by atoms with Crippen LogP contribution in [0.1, 0.15) is 0 Å². The molecule has 0 aliphatic carbocycles. The Morgan fingerprint density at radius 2 is 1.02 bits per heavy atom. The Morgan fingerprint density at radius 3 is 1.75 bits per heavy atom. The van der Waals surface area contributed by atoms with Crippen molar-refractivity contribution in [3.8, 4) is 33.8 Å². The maximum Gasteiger partial charge on any atom is 0.137 e. The molecular weight excluding hydrogens is 538 g/mol. The molecule has 0 radical (unpaired) electrons. The Labute approximate surface area is 255 Å². The lowest BCUT2D eigenvalue weighted by molar-refractivity contribution is 1.19. The molecule has 0 saturated carbocycles. The maximum absolute atomic E-state index is 5.14. The van der Waals surface area contributed by atoms with Crippen LogP contribution in [0.4, 0.5) is 17.1 Å². The van der Waals surface area contributed by atoms with Crippen molar-refractivity contribution in [2.24, 2.45) is 0 Å². The second-order valence-electron chi connectivity index (χ2n) is 10.6. The van der Waals surface area contributed by atoms with Gasteiger partial charge in [0.25, 0.3) is 0 Å². The smallest absolute Gasteiger partial charge is 0.137 e. The molecule has 0 fully saturated rings. The number of imidazole rings is 1. The van der Waals surface area contributed by atoms with Crippen molar-refractivity contribution in [1.82, 2.24) is 19.4 Å². The molecule has 208 valence electrons. The minimum atomic E-state index is 0.854. The number of nitrogens with zero attached hydrogens (tertiary/aromatic N) is 5. The van der Waals surface area contributed by atoms with E-state index in [1.54, 1.807) is 0 Å². The molecule has 44 heavy (non-hydrogen) atoms. The van der Waals surface area contributed by atoms with Crippen LogP contribution in [0, 0.1) is 0 Å². The molecule has 3 heterocycles. The van der Waals surface area contributed by atoms with E-state index in [0.29, 0.717) is 0 Å². The molecule has 8 aromatic rings. The Balaban J connectivity index is 1.24. The molecule has 8 rings (SSSR count). The van der Waals surface area contributed by atoms with Gasteiger partial charge in [0.1, 0.15) is 5.65 Å². The van der Waals surface area contributed by atoms with Gasteiger partial charge in [0, 0.05) is 46.1 Å². The number of pyridine rings is 1. The molecule has 0 bridgehead atoms. The van der Waals surface area contributed by atoms with Gasteiger partial charge in [-0.3, -0.25) is 0 Å². The van der Waals surface area contributed by atoms with E-state index in [0.717, 1.165) is 67.5 Å². The fourth-order valence-electron chi connectivity index (χ4n) is 5.67. The summed E-state index contributed by atoms with van der Waals surface area (Å²) in [5.41, 5.74) is 11.6. The zero-order valence-electron chi connectivity index (χ0n) is 23.8. The number of hydrogen-bond donors (Lipinski definition) is 0. The number of benzene rings is 5. The molecule has 5 nitrogen and oxygen atoms in total. The first-order valence-corrected chi connectivity index (χ1v) is 14.6. The van der Waals surface area contributed by atoms with Crippen LogP contribution in [0.25, 0.3) is 50.5 Å². The van der Waals surface area contributed by atoms with E-state index in [1.807, 2.05) is 77.3 Å². The summed E-state index contributed by atoms with van der Waals surface area (Å²) < 4.78 is 2.05. The molecule has 5 aromatic carbocycles. The van der Waals surface area contributed by atoms with Gasteiger partial charge in [-0.1, -0.05) is 91.0 Å². The third-order valence-corrected chi connectivity index (χ3v) is 7.80. The van der Waals surface area contributed by atoms with Crippen LogP contribution in [-0.4, -0.2) is 19.4 Å². The highest BCUT2D eigenvalue weighted by molar-refractivity contribution is 5.88. The van der Waals surface area contributed by atoms with Gasteiger partial charge >= 0.3 is 0 Å². The Kier molecular flexibility index (Phi) is 6.39. The summed E-state index contributed by atoms with van der Waals surface area (Å²) in [6.45, 7) is 0. The van der Waals surface area contributed by atoms with Crippen LogP contribution in [0.2, 0.25) is 0 Å². The van der Waals surface area contributed by atoms with E-state index in [4.69, 9.17) is 15.0 Å². The Bertz CT molecular complexity index is 2190. The van der Waals surface area contributed by atoms with E-state index >= 15 is 0 Å². The average molecular weight is 566 g/mol. The lowest BCUT2D eigenvalue weighted by Gasteiger charge is -2.26. The topological polar surface area (TPSA) is 46.3 Å². The van der Waals surface area contributed by atoms with Crippen molar-refractivity contribution < 1.29 is 0 Å². The predicted octanol–water partition coefficient (Wildman–Crippen LogP) is 9.75. The van der Waals surface area contributed by atoms with Crippen LogP contribution < -0.4 is 4.90 Å². The fraction of sp³-hybridized carbons (Fsp3) is 0. The van der Waals surface area contributed by atoms with Crippen LogP contribution in [-0.2, 0) is 0 Å². The number of fused-ring (bicyclic) bond motifs is 2. The molecule has 5 heteroatoms. The molecule has 0 N–H and O–H groups in total. The van der Waals surface area contributed by atoms with Gasteiger partial charge in [-0.05, 0) is 60.7 Å². The number of rotatable bonds is 6. The zero-order valence-corrected chi connectivity index (χ0v) is 23.8. The number of hydrogen-bond acceptors (Lipinski definition) is 4. The van der Waals surface area contributed by atoms with Gasteiger partial charge in [0.05, 0.1) is 28.1 Å². The first-order chi connectivity index (χ1) is 21.8. The lowest BCUT2D eigenvalue weighted by Crippen LogP contribution is -2.10. The van der Waals surface area contributed by atoms with Gasteiger partial charge in [-0.2, -0.15) is 0 Å². The summed E-state index contributed by atoms with van der Waals surface area (Å²) in [5.74, 6) is 0. The van der Waals surface area contributed by atoms with Gasteiger partial charge < -0.3 is 9.30 Å². The zero-order chi connectivity index (χ0) is 29.3. The molecule has 0 spiro atoms. The third kappa shape index (κ3) is 4.76. The van der Waals surface area contributed by atoms with Gasteiger partial charge in [0.15, 0.2) is 0 Å². The standard InChI is InChI=1S/C39H27N5/c1-3-12-29(13-4-1)38-39(42-35-19-8-7-18-34(35)41-38)30-14-11-17-33(26-30)44(31-15-5-2-6-16-31)32-23-21-28(22-24-32)36-27-43-25-10-9-20-37(43)40-36/h1-27H. The van der Waals surface area contributed by atoms with Crippen molar-refractivity contribution in [3.05, 3.63) is 164 Å². The fourth-order valence-corrected chi connectivity index (χ4v) is 5.67. The molecular formula is C39H27N5. The minimum Gasteiger partial charge on any atom is -0.310 e. The molecule has 3 aromatic heterocycles. The van der Waals surface area contributed by atoms with Crippen LogP contribution in [0.5, 0.6) is 0 Å². The van der Waals surface area contributed by atoms with Crippen molar-refractivity contribution in [2.75, 3.05) is 4.90 Å². The average Bonchev–Trinajstić information content (AvgIpc) is 3.54. The van der Waals surface area contributed by atoms with Crippen molar-refractivity contribution in [2.45, 2.75) is 0 Å². The summed E-state index contributed by atoms with van der Waals surface area (Å²) in [4.78, 5) is 17.3. The monoisotopic (exact) mass is 565 g/mol. The minimum absolute atomic E-state index is 0.854. The Hall–Kier alpha value is -6.07. The van der Waals surface area contributed by atoms with Crippen LogP contribution in [0.15, 0.2) is 164 Å². The summed E-state index contributed by atoms with van der Waals surface area (Å²) in [7, 11) is 0. The molecule has 0 unspecified atom stereocenters. The van der Waals surface area contributed by atoms with Crippen LogP contribution >= 0.6 is 0 Å². The molecule has 0 aliphatic rings. The van der Waals surface area contributed by atoms with E-state index in [2.05, 4.69) is 96.0 Å². The second-order valence-corrected chi connectivity index (χ2v) is 10.6. The molecule has 0 aliphatic heterocycles. The molecule has 0 atom stereocenters. The highest BCUT2D eigenvalue weighted by Crippen LogP contribution is 2.38. The highest BCUT2D eigenvalue weighted by atomic mass is 15.1. The normalized spacial score (nSPS) is 11.2. The second kappa shape index (κ2) is 11.0. The number of aromatic nitrogens is 4.